The second-order valence-electron chi connectivity index (χ2n) is 4.57. The normalized spacial score (nSPS) is 10.3. The van der Waals surface area contributed by atoms with Gasteiger partial charge < -0.3 is 10.1 Å². The van der Waals surface area contributed by atoms with E-state index in [4.69, 9.17) is 4.74 Å². The Kier molecular flexibility index (Phi) is 5.35. The minimum absolute atomic E-state index is 0.730. The fourth-order valence-electron chi connectivity index (χ4n) is 1.77. The number of ether oxygens (including phenoxy) is 1. The standard InChI is InChI=1S/C16H21N3O/c1-3-10-17-15-9-11-18-16(19-15)13-5-7-14(8-6-13)20-12-4-2/h5-9,11H,3-4,10,12H2,1-2H3,(H,17,18,19). The molecule has 0 fully saturated rings. The molecule has 0 saturated carbocycles. The maximum atomic E-state index is 5.57. The summed E-state index contributed by atoms with van der Waals surface area (Å²) in [5, 5.41) is 3.27. The van der Waals surface area contributed by atoms with E-state index in [9.17, 15) is 0 Å². The van der Waals surface area contributed by atoms with Gasteiger partial charge in [0, 0.05) is 18.3 Å². The lowest BCUT2D eigenvalue weighted by Crippen LogP contribution is -2.03. The molecule has 1 aromatic carbocycles. The molecule has 1 N–H and O–H groups in total. The Balaban J connectivity index is 2.10. The number of hydrogen-bond acceptors (Lipinski definition) is 4. The van der Waals surface area contributed by atoms with Crippen molar-refractivity contribution in [2.24, 2.45) is 0 Å². The molecule has 0 saturated heterocycles. The molecule has 2 aromatic rings. The minimum Gasteiger partial charge on any atom is -0.494 e. The number of aromatic nitrogens is 2. The van der Waals surface area contributed by atoms with Crippen molar-refractivity contribution in [2.45, 2.75) is 26.7 Å². The maximum Gasteiger partial charge on any atom is 0.161 e. The van der Waals surface area contributed by atoms with Crippen molar-refractivity contribution in [3.63, 3.8) is 0 Å². The third kappa shape index (κ3) is 3.95. The Morgan fingerprint density at radius 3 is 2.55 bits per heavy atom. The Labute approximate surface area is 120 Å². The predicted octanol–water partition coefficient (Wildman–Crippen LogP) is 3.75. The summed E-state index contributed by atoms with van der Waals surface area (Å²) in [6.45, 7) is 5.88. The first-order valence-electron chi connectivity index (χ1n) is 7.13. The van der Waals surface area contributed by atoms with Gasteiger partial charge >= 0.3 is 0 Å². The quantitative estimate of drug-likeness (QED) is 0.833. The molecule has 0 radical (unpaired) electrons. The third-order valence-electron chi connectivity index (χ3n) is 2.80. The van der Waals surface area contributed by atoms with Gasteiger partial charge in [-0.05, 0) is 43.2 Å². The van der Waals surface area contributed by atoms with Crippen molar-refractivity contribution in [2.75, 3.05) is 18.5 Å². The molecule has 0 aliphatic heterocycles. The maximum absolute atomic E-state index is 5.57. The summed E-state index contributed by atoms with van der Waals surface area (Å²) in [4.78, 5) is 8.83. The smallest absolute Gasteiger partial charge is 0.161 e. The highest BCUT2D eigenvalue weighted by Crippen LogP contribution is 2.20. The zero-order chi connectivity index (χ0) is 14.2. The van der Waals surface area contributed by atoms with E-state index < -0.39 is 0 Å². The molecule has 0 atom stereocenters. The number of hydrogen-bond donors (Lipinski definition) is 1. The van der Waals surface area contributed by atoms with Crippen molar-refractivity contribution in [3.8, 4) is 17.1 Å². The van der Waals surface area contributed by atoms with Gasteiger partial charge in [-0.1, -0.05) is 13.8 Å². The van der Waals surface area contributed by atoms with Crippen molar-refractivity contribution in [3.05, 3.63) is 36.5 Å². The molecule has 0 aliphatic rings. The molecule has 4 nitrogen and oxygen atoms in total. The molecular weight excluding hydrogens is 250 g/mol. The highest BCUT2D eigenvalue weighted by atomic mass is 16.5. The lowest BCUT2D eigenvalue weighted by molar-refractivity contribution is 0.317. The Hall–Kier alpha value is -2.10. The Bertz CT molecular complexity index is 526. The topological polar surface area (TPSA) is 47.0 Å². The zero-order valence-corrected chi connectivity index (χ0v) is 12.1. The molecule has 0 aliphatic carbocycles. The summed E-state index contributed by atoms with van der Waals surface area (Å²) in [7, 11) is 0. The van der Waals surface area contributed by atoms with Gasteiger partial charge in [-0.25, -0.2) is 9.97 Å². The van der Waals surface area contributed by atoms with Crippen LogP contribution in [0.5, 0.6) is 5.75 Å². The average molecular weight is 271 g/mol. The molecule has 0 amide bonds. The number of rotatable bonds is 7. The summed E-state index contributed by atoms with van der Waals surface area (Å²) < 4.78 is 5.57. The first kappa shape index (κ1) is 14.3. The fraction of sp³-hybridized carbons (Fsp3) is 0.375. The van der Waals surface area contributed by atoms with Crippen LogP contribution in [-0.2, 0) is 0 Å². The van der Waals surface area contributed by atoms with Crippen molar-refractivity contribution >= 4 is 5.82 Å². The SMILES string of the molecule is CCCNc1ccnc(-c2ccc(OCCC)cc2)n1. The molecule has 4 heteroatoms. The van der Waals surface area contributed by atoms with Gasteiger partial charge in [-0.2, -0.15) is 0 Å². The van der Waals surface area contributed by atoms with Gasteiger partial charge in [0.05, 0.1) is 6.61 Å². The Morgan fingerprint density at radius 2 is 1.85 bits per heavy atom. The average Bonchev–Trinajstić information content (AvgIpc) is 2.52. The molecule has 20 heavy (non-hydrogen) atoms. The van der Waals surface area contributed by atoms with E-state index in [0.29, 0.717) is 0 Å². The number of nitrogens with one attached hydrogen (secondary N) is 1. The van der Waals surface area contributed by atoms with Crippen LogP contribution >= 0.6 is 0 Å². The number of nitrogens with zero attached hydrogens (tertiary/aromatic N) is 2. The third-order valence-corrected chi connectivity index (χ3v) is 2.80. The van der Waals surface area contributed by atoms with Gasteiger partial charge in [0.15, 0.2) is 5.82 Å². The molecule has 0 bridgehead atoms. The summed E-state index contributed by atoms with van der Waals surface area (Å²) in [6.07, 6.45) is 3.86. The highest BCUT2D eigenvalue weighted by Gasteiger charge is 2.03. The van der Waals surface area contributed by atoms with E-state index in [1.54, 1.807) is 6.20 Å². The summed E-state index contributed by atoms with van der Waals surface area (Å²) in [6, 6.07) is 9.78. The second-order valence-corrected chi connectivity index (χ2v) is 4.57. The summed E-state index contributed by atoms with van der Waals surface area (Å²) >= 11 is 0. The monoisotopic (exact) mass is 271 g/mol. The molecule has 1 aromatic heterocycles. The summed E-state index contributed by atoms with van der Waals surface area (Å²) in [5.41, 5.74) is 0.994. The van der Waals surface area contributed by atoms with Gasteiger partial charge in [0.1, 0.15) is 11.6 Å². The van der Waals surface area contributed by atoms with Crippen LogP contribution < -0.4 is 10.1 Å². The van der Waals surface area contributed by atoms with Crippen LogP contribution in [0, 0.1) is 0 Å². The van der Waals surface area contributed by atoms with Crippen LogP contribution in [-0.4, -0.2) is 23.1 Å². The number of benzene rings is 1. The predicted molar refractivity (Wildman–Crippen MR) is 82.0 cm³/mol. The molecule has 106 valence electrons. The van der Waals surface area contributed by atoms with E-state index in [2.05, 4.69) is 29.1 Å². The van der Waals surface area contributed by atoms with E-state index in [1.165, 1.54) is 0 Å². The molecule has 2 rings (SSSR count). The van der Waals surface area contributed by atoms with Crippen LogP contribution in [0.2, 0.25) is 0 Å². The Morgan fingerprint density at radius 1 is 1.05 bits per heavy atom. The van der Waals surface area contributed by atoms with E-state index in [1.807, 2.05) is 30.3 Å². The van der Waals surface area contributed by atoms with E-state index >= 15 is 0 Å². The van der Waals surface area contributed by atoms with Crippen LogP contribution in [0.15, 0.2) is 36.5 Å². The molecule has 0 unspecified atom stereocenters. The molecular formula is C16H21N3O. The van der Waals surface area contributed by atoms with Crippen molar-refractivity contribution in [1.82, 2.24) is 9.97 Å². The molecule has 0 spiro atoms. The lowest BCUT2D eigenvalue weighted by atomic mass is 10.2. The number of anilines is 1. The van der Waals surface area contributed by atoms with Gasteiger partial charge in [-0.15, -0.1) is 0 Å². The van der Waals surface area contributed by atoms with E-state index in [0.717, 1.165) is 48.9 Å². The summed E-state index contributed by atoms with van der Waals surface area (Å²) in [5.74, 6) is 2.48. The largest absolute Gasteiger partial charge is 0.494 e. The zero-order valence-electron chi connectivity index (χ0n) is 12.1. The fourth-order valence-corrected chi connectivity index (χ4v) is 1.77. The van der Waals surface area contributed by atoms with Crippen molar-refractivity contribution in [1.29, 1.82) is 0 Å². The van der Waals surface area contributed by atoms with Crippen LogP contribution in [0.3, 0.4) is 0 Å². The highest BCUT2D eigenvalue weighted by molar-refractivity contribution is 5.57. The van der Waals surface area contributed by atoms with Crippen LogP contribution in [0.1, 0.15) is 26.7 Å². The minimum atomic E-state index is 0.730. The molecule has 1 heterocycles. The lowest BCUT2D eigenvalue weighted by Gasteiger charge is -2.07. The van der Waals surface area contributed by atoms with E-state index in [-0.39, 0.29) is 0 Å². The second kappa shape index (κ2) is 7.48. The first-order chi connectivity index (χ1) is 9.83. The van der Waals surface area contributed by atoms with Gasteiger partial charge in [0.2, 0.25) is 0 Å². The van der Waals surface area contributed by atoms with Gasteiger partial charge in [0.25, 0.3) is 0 Å². The van der Waals surface area contributed by atoms with Crippen molar-refractivity contribution < 1.29 is 4.74 Å². The van der Waals surface area contributed by atoms with Crippen LogP contribution in [0.25, 0.3) is 11.4 Å². The van der Waals surface area contributed by atoms with Gasteiger partial charge in [-0.3, -0.25) is 0 Å². The first-order valence-corrected chi connectivity index (χ1v) is 7.13. The van der Waals surface area contributed by atoms with Crippen LogP contribution in [0.4, 0.5) is 5.82 Å².